The lowest BCUT2D eigenvalue weighted by molar-refractivity contribution is -0.178. The fourth-order valence-electron chi connectivity index (χ4n) is 3.89. The lowest BCUT2D eigenvalue weighted by atomic mass is 9.59. The number of alkyl carbamates (subject to hydrolysis) is 2. The SMILES string of the molecule is COC(=O)C(CC1(CCNC(=O)OC(C)(C)C)CC(F)(F)C1)[C@@H](C)NC(=O)OC(C)(C)C. The van der Waals surface area contributed by atoms with Crippen molar-refractivity contribution < 1.29 is 37.4 Å². The number of hydrogen-bond donors (Lipinski definition) is 2. The van der Waals surface area contributed by atoms with E-state index in [2.05, 4.69) is 10.6 Å². The molecule has 10 heteroatoms. The van der Waals surface area contributed by atoms with E-state index < -0.39 is 65.5 Å². The molecule has 1 aliphatic carbocycles. The molecule has 0 saturated heterocycles. The Morgan fingerprint density at radius 2 is 1.47 bits per heavy atom. The van der Waals surface area contributed by atoms with Gasteiger partial charge in [0.1, 0.15) is 11.2 Å². The van der Waals surface area contributed by atoms with Crippen molar-refractivity contribution in [2.24, 2.45) is 11.3 Å². The largest absolute Gasteiger partial charge is 0.469 e. The molecule has 0 spiro atoms. The number of methoxy groups -OCH3 is 1. The van der Waals surface area contributed by atoms with Crippen LogP contribution in [0.3, 0.4) is 0 Å². The number of carbonyl (C=O) groups is 3. The van der Waals surface area contributed by atoms with Crippen LogP contribution < -0.4 is 10.6 Å². The van der Waals surface area contributed by atoms with E-state index in [-0.39, 0.29) is 19.4 Å². The molecular weight excluding hydrogens is 426 g/mol. The first-order chi connectivity index (χ1) is 14.4. The van der Waals surface area contributed by atoms with E-state index in [0.717, 1.165) is 0 Å². The molecule has 8 nitrogen and oxygen atoms in total. The second kappa shape index (κ2) is 10.2. The first-order valence-electron chi connectivity index (χ1n) is 10.8. The van der Waals surface area contributed by atoms with Crippen molar-refractivity contribution in [1.29, 1.82) is 0 Å². The predicted octanol–water partition coefficient (Wildman–Crippen LogP) is 4.41. The first-order valence-corrected chi connectivity index (χ1v) is 10.8. The van der Waals surface area contributed by atoms with Gasteiger partial charge in [-0.05, 0) is 66.7 Å². The van der Waals surface area contributed by atoms with E-state index in [4.69, 9.17) is 14.2 Å². The van der Waals surface area contributed by atoms with Crippen molar-refractivity contribution in [2.75, 3.05) is 13.7 Å². The fraction of sp³-hybridized carbons (Fsp3) is 0.864. The second-order valence-corrected chi connectivity index (χ2v) is 10.7. The Morgan fingerprint density at radius 3 is 1.91 bits per heavy atom. The molecule has 0 aromatic heterocycles. The van der Waals surface area contributed by atoms with Crippen molar-refractivity contribution in [3.63, 3.8) is 0 Å². The maximum atomic E-state index is 13.9. The van der Waals surface area contributed by atoms with Crippen LogP contribution in [0.4, 0.5) is 18.4 Å². The van der Waals surface area contributed by atoms with Crippen LogP contribution in [0.25, 0.3) is 0 Å². The van der Waals surface area contributed by atoms with E-state index in [1.54, 1.807) is 48.5 Å². The number of alkyl halides is 2. The van der Waals surface area contributed by atoms with Gasteiger partial charge in [0, 0.05) is 25.4 Å². The number of esters is 1. The van der Waals surface area contributed by atoms with Gasteiger partial charge in [-0.1, -0.05) is 0 Å². The van der Waals surface area contributed by atoms with Crippen molar-refractivity contribution in [2.45, 2.75) is 97.3 Å². The lowest BCUT2D eigenvalue weighted by Gasteiger charge is -2.49. The molecule has 186 valence electrons. The third-order valence-electron chi connectivity index (χ3n) is 5.10. The molecule has 1 rings (SSSR count). The summed E-state index contributed by atoms with van der Waals surface area (Å²) >= 11 is 0. The Bertz CT molecular complexity index is 677. The zero-order valence-corrected chi connectivity index (χ0v) is 20.4. The molecule has 0 aromatic rings. The van der Waals surface area contributed by atoms with E-state index in [1.807, 2.05) is 0 Å². The molecule has 1 aliphatic rings. The molecule has 2 amide bonds. The fourth-order valence-corrected chi connectivity index (χ4v) is 3.89. The monoisotopic (exact) mass is 464 g/mol. The maximum absolute atomic E-state index is 13.9. The topological polar surface area (TPSA) is 103 Å². The highest BCUT2D eigenvalue weighted by atomic mass is 19.3. The quantitative estimate of drug-likeness (QED) is 0.407. The van der Waals surface area contributed by atoms with Gasteiger partial charge in [0.2, 0.25) is 5.92 Å². The summed E-state index contributed by atoms with van der Waals surface area (Å²) < 4.78 is 43.0. The van der Waals surface area contributed by atoms with Crippen LogP contribution in [0.15, 0.2) is 0 Å². The van der Waals surface area contributed by atoms with Crippen molar-refractivity contribution in [3.8, 4) is 0 Å². The summed E-state index contributed by atoms with van der Waals surface area (Å²) in [6.07, 6.45) is -1.87. The molecule has 2 N–H and O–H groups in total. The Kier molecular flexibility index (Phi) is 8.90. The summed E-state index contributed by atoms with van der Waals surface area (Å²) in [7, 11) is 1.21. The zero-order chi connectivity index (χ0) is 25.0. The van der Waals surface area contributed by atoms with Crippen molar-refractivity contribution >= 4 is 18.2 Å². The highest BCUT2D eigenvalue weighted by molar-refractivity contribution is 5.75. The number of halogens is 2. The van der Waals surface area contributed by atoms with E-state index in [0.29, 0.717) is 0 Å². The standard InChI is InChI=1S/C22H38F2N2O6/c1-14(26-18(29)32-20(5,6)7)15(16(27)30-8)11-21(12-22(23,24)13-21)9-10-25-17(28)31-19(2,3)4/h14-15H,9-13H2,1-8H3,(H,25,28)(H,26,29)/t14-,15?/m1/s1. The summed E-state index contributed by atoms with van der Waals surface area (Å²) in [5, 5.41) is 5.19. The van der Waals surface area contributed by atoms with Crippen molar-refractivity contribution in [1.82, 2.24) is 10.6 Å². The predicted molar refractivity (Wildman–Crippen MR) is 114 cm³/mol. The van der Waals surface area contributed by atoms with Crippen LogP contribution in [-0.4, -0.2) is 55.0 Å². The Labute approximate surface area is 189 Å². The van der Waals surface area contributed by atoms with Gasteiger partial charge in [-0.25, -0.2) is 18.4 Å². The van der Waals surface area contributed by atoms with E-state index in [9.17, 15) is 23.2 Å². The Balaban J connectivity index is 2.86. The summed E-state index contributed by atoms with van der Waals surface area (Å²) in [6.45, 7) is 12.0. The minimum absolute atomic E-state index is 0.0717. The molecule has 1 saturated carbocycles. The molecule has 1 unspecified atom stereocenters. The first kappa shape index (κ1) is 27.9. The minimum atomic E-state index is -2.84. The second-order valence-electron chi connectivity index (χ2n) is 10.7. The van der Waals surface area contributed by atoms with E-state index >= 15 is 0 Å². The molecule has 2 atom stereocenters. The number of carbonyl (C=O) groups excluding carboxylic acids is 3. The number of rotatable bonds is 8. The van der Waals surface area contributed by atoms with Gasteiger partial charge in [-0.15, -0.1) is 0 Å². The minimum Gasteiger partial charge on any atom is -0.469 e. The average Bonchev–Trinajstić information content (AvgIpc) is 2.53. The molecule has 1 fully saturated rings. The Hall–Kier alpha value is -2.13. The molecule has 0 heterocycles. The normalized spacial score (nSPS) is 19.1. The van der Waals surface area contributed by atoms with Crippen molar-refractivity contribution in [3.05, 3.63) is 0 Å². The van der Waals surface area contributed by atoms with Crippen LogP contribution in [-0.2, 0) is 19.0 Å². The van der Waals surface area contributed by atoms with Crippen LogP contribution in [0.2, 0.25) is 0 Å². The summed E-state index contributed by atoms with van der Waals surface area (Å²) in [6, 6.07) is -0.706. The average molecular weight is 465 g/mol. The van der Waals surface area contributed by atoms with Gasteiger partial charge >= 0.3 is 18.2 Å². The van der Waals surface area contributed by atoms with Gasteiger partial charge in [0.15, 0.2) is 0 Å². The van der Waals surface area contributed by atoms with Crippen LogP contribution >= 0.6 is 0 Å². The van der Waals surface area contributed by atoms with Gasteiger partial charge in [0.25, 0.3) is 0 Å². The summed E-state index contributed by atoms with van der Waals surface area (Å²) in [5.74, 6) is -4.30. The van der Waals surface area contributed by atoms with Gasteiger partial charge in [-0.2, -0.15) is 0 Å². The molecule has 32 heavy (non-hydrogen) atoms. The zero-order valence-electron chi connectivity index (χ0n) is 20.4. The Morgan fingerprint density at radius 1 is 0.969 bits per heavy atom. The van der Waals surface area contributed by atoms with Gasteiger partial charge < -0.3 is 24.8 Å². The summed E-state index contributed by atoms with van der Waals surface area (Å²) in [5.41, 5.74) is -2.29. The van der Waals surface area contributed by atoms with Crippen LogP contribution in [0.1, 0.15) is 74.1 Å². The third-order valence-corrected chi connectivity index (χ3v) is 5.10. The highest BCUT2D eigenvalue weighted by Gasteiger charge is 2.57. The molecule has 0 aliphatic heterocycles. The van der Waals surface area contributed by atoms with Crippen LogP contribution in [0, 0.1) is 11.3 Å². The maximum Gasteiger partial charge on any atom is 0.407 e. The molecular formula is C22H38F2N2O6. The number of nitrogens with one attached hydrogen (secondary N) is 2. The summed E-state index contributed by atoms with van der Waals surface area (Å²) in [4.78, 5) is 36.5. The number of amides is 2. The number of hydrogen-bond acceptors (Lipinski definition) is 6. The highest BCUT2D eigenvalue weighted by Crippen LogP contribution is 2.57. The molecule has 0 bridgehead atoms. The van der Waals surface area contributed by atoms with Gasteiger partial charge in [-0.3, -0.25) is 4.79 Å². The lowest BCUT2D eigenvalue weighted by Crippen LogP contribution is -2.52. The molecule has 0 aromatic carbocycles. The number of ether oxygens (including phenoxy) is 3. The van der Waals surface area contributed by atoms with E-state index in [1.165, 1.54) is 7.11 Å². The van der Waals surface area contributed by atoms with Gasteiger partial charge in [0.05, 0.1) is 13.0 Å². The smallest absolute Gasteiger partial charge is 0.407 e. The molecule has 0 radical (unpaired) electrons. The van der Waals surface area contributed by atoms with Crippen LogP contribution in [0.5, 0.6) is 0 Å². The third kappa shape index (κ3) is 9.56.